The second-order valence-electron chi connectivity index (χ2n) is 11.7. The molecule has 0 N–H and O–H groups in total. The molecule has 0 aliphatic heterocycles. The highest BCUT2D eigenvalue weighted by Crippen LogP contribution is 2.20. The summed E-state index contributed by atoms with van der Waals surface area (Å²) < 4.78 is 0. The number of unbranched alkanes of at least 4 members (excludes halogenated alkanes) is 18. The predicted octanol–water partition coefficient (Wildman–Crippen LogP) is 11.7. The van der Waals surface area contributed by atoms with Crippen molar-refractivity contribution in [1.29, 1.82) is 0 Å². The summed E-state index contributed by atoms with van der Waals surface area (Å²) in [4.78, 5) is 39.2. The minimum atomic E-state index is 0.0686. The van der Waals surface area contributed by atoms with E-state index in [-0.39, 0.29) is 17.3 Å². The van der Waals surface area contributed by atoms with Gasteiger partial charge in [0.15, 0.2) is 17.3 Å². The molecule has 0 fully saturated rings. The van der Waals surface area contributed by atoms with Gasteiger partial charge in [-0.25, -0.2) is 0 Å². The van der Waals surface area contributed by atoms with E-state index in [1.165, 1.54) is 96.3 Å². The molecule has 222 valence electrons. The van der Waals surface area contributed by atoms with Gasteiger partial charge in [0.05, 0.1) is 0 Å². The summed E-state index contributed by atoms with van der Waals surface area (Å²) in [5.74, 6) is 0.206. The van der Waals surface area contributed by atoms with Crippen LogP contribution in [0.3, 0.4) is 0 Å². The number of hydrogen-bond acceptors (Lipinski definition) is 3. The molecule has 0 unspecified atom stereocenters. The van der Waals surface area contributed by atoms with E-state index in [1.54, 1.807) is 18.2 Å². The first kappa shape index (κ1) is 35.3. The van der Waals surface area contributed by atoms with Crippen molar-refractivity contribution in [1.82, 2.24) is 0 Å². The summed E-state index contributed by atoms with van der Waals surface area (Å²) in [7, 11) is 0. The van der Waals surface area contributed by atoms with Crippen LogP contribution in [0.1, 0.15) is 206 Å². The smallest absolute Gasteiger partial charge is 0.162 e. The van der Waals surface area contributed by atoms with Gasteiger partial charge in [-0.3, -0.25) is 14.4 Å². The molecule has 0 aliphatic carbocycles. The van der Waals surface area contributed by atoms with E-state index < -0.39 is 0 Å². The van der Waals surface area contributed by atoms with Gasteiger partial charge in [0, 0.05) is 36.0 Å². The topological polar surface area (TPSA) is 51.2 Å². The van der Waals surface area contributed by atoms with E-state index in [2.05, 4.69) is 20.8 Å². The van der Waals surface area contributed by atoms with Gasteiger partial charge >= 0.3 is 0 Å². The van der Waals surface area contributed by atoms with Crippen LogP contribution >= 0.6 is 0 Å². The molecule has 1 aromatic rings. The monoisotopic (exact) mass is 540 g/mol. The van der Waals surface area contributed by atoms with Crippen LogP contribution < -0.4 is 0 Å². The van der Waals surface area contributed by atoms with Gasteiger partial charge in [0.25, 0.3) is 0 Å². The third kappa shape index (κ3) is 17.5. The van der Waals surface area contributed by atoms with Gasteiger partial charge in [-0.05, 0) is 37.5 Å². The molecule has 0 spiro atoms. The van der Waals surface area contributed by atoms with E-state index in [0.29, 0.717) is 36.0 Å². The molecule has 0 bridgehead atoms. The maximum Gasteiger partial charge on any atom is 0.162 e. The first-order valence-corrected chi connectivity index (χ1v) is 16.8. The number of rotatable bonds is 27. The molecular formula is C36H60O3. The van der Waals surface area contributed by atoms with Crippen LogP contribution in [-0.4, -0.2) is 17.3 Å². The lowest BCUT2D eigenvalue weighted by Gasteiger charge is -2.10. The zero-order valence-electron chi connectivity index (χ0n) is 25.9. The first-order valence-electron chi connectivity index (χ1n) is 16.8. The third-order valence-electron chi connectivity index (χ3n) is 7.92. The number of carbonyl (C=O) groups excluding carboxylic acids is 3. The third-order valence-corrected chi connectivity index (χ3v) is 7.92. The quantitative estimate of drug-likeness (QED) is 0.0823. The summed E-state index contributed by atoms with van der Waals surface area (Å²) in [6.07, 6.45) is 26.0. The molecular weight excluding hydrogens is 480 g/mol. The Morgan fingerprint density at radius 3 is 0.795 bits per heavy atom. The van der Waals surface area contributed by atoms with Crippen LogP contribution in [0.2, 0.25) is 0 Å². The lowest BCUT2D eigenvalue weighted by Crippen LogP contribution is -2.09. The lowest BCUT2D eigenvalue weighted by atomic mass is 9.93. The van der Waals surface area contributed by atoms with Crippen molar-refractivity contribution >= 4 is 17.3 Å². The van der Waals surface area contributed by atoms with Crippen LogP contribution in [0.5, 0.6) is 0 Å². The van der Waals surface area contributed by atoms with Crippen molar-refractivity contribution in [2.75, 3.05) is 0 Å². The standard InChI is InChI=1S/C36H60O3/c1-4-7-10-13-16-19-22-25-34(37)31-28-32(35(38)26-23-20-17-14-11-8-5-2)30-33(29-31)36(39)27-24-21-18-15-12-9-6-3/h28-30H,4-27H2,1-3H3. The van der Waals surface area contributed by atoms with Crippen molar-refractivity contribution in [3.05, 3.63) is 34.9 Å². The van der Waals surface area contributed by atoms with Crippen molar-refractivity contribution in [3.8, 4) is 0 Å². The minimum absolute atomic E-state index is 0.0686. The number of ketones is 3. The Labute approximate surface area is 241 Å². The molecule has 0 heterocycles. The van der Waals surface area contributed by atoms with E-state index in [4.69, 9.17) is 0 Å². The zero-order valence-corrected chi connectivity index (χ0v) is 25.9. The summed E-state index contributed by atoms with van der Waals surface area (Å²) in [5.41, 5.74) is 1.65. The molecule has 3 nitrogen and oxygen atoms in total. The molecule has 0 radical (unpaired) electrons. The maximum absolute atomic E-state index is 13.1. The van der Waals surface area contributed by atoms with E-state index in [1.807, 2.05) is 0 Å². The fraction of sp³-hybridized carbons (Fsp3) is 0.750. The number of Topliss-reactive ketones (excluding diaryl/α,β-unsaturated/α-hetero) is 3. The van der Waals surface area contributed by atoms with Gasteiger partial charge < -0.3 is 0 Å². The summed E-state index contributed by atoms with van der Waals surface area (Å²) in [6.45, 7) is 6.67. The Morgan fingerprint density at radius 1 is 0.359 bits per heavy atom. The van der Waals surface area contributed by atoms with Crippen molar-refractivity contribution in [2.24, 2.45) is 0 Å². The zero-order chi connectivity index (χ0) is 28.6. The first-order chi connectivity index (χ1) is 19.0. The van der Waals surface area contributed by atoms with Crippen molar-refractivity contribution < 1.29 is 14.4 Å². The number of hydrogen-bond donors (Lipinski definition) is 0. The molecule has 0 saturated heterocycles. The van der Waals surface area contributed by atoms with Crippen LogP contribution in [0, 0.1) is 0 Å². The maximum atomic E-state index is 13.1. The Morgan fingerprint density at radius 2 is 0.564 bits per heavy atom. The Kier molecular flexibility index (Phi) is 21.8. The highest BCUT2D eigenvalue weighted by atomic mass is 16.1. The SMILES string of the molecule is CCCCCCCCCC(=O)c1cc(C(=O)CCCCCCCCC)cc(C(=O)CCCCCCCCC)c1. The van der Waals surface area contributed by atoms with Crippen LogP contribution in [-0.2, 0) is 0 Å². The molecule has 1 aromatic carbocycles. The van der Waals surface area contributed by atoms with E-state index >= 15 is 0 Å². The number of carbonyl (C=O) groups is 3. The van der Waals surface area contributed by atoms with Crippen LogP contribution in [0.15, 0.2) is 18.2 Å². The molecule has 39 heavy (non-hydrogen) atoms. The Bertz CT molecular complexity index is 677. The van der Waals surface area contributed by atoms with Crippen LogP contribution in [0.25, 0.3) is 0 Å². The molecule has 3 heteroatoms. The molecule has 0 saturated carbocycles. The van der Waals surface area contributed by atoms with E-state index in [9.17, 15) is 14.4 Å². The van der Waals surface area contributed by atoms with Crippen molar-refractivity contribution in [2.45, 2.75) is 175 Å². The van der Waals surface area contributed by atoms with Gasteiger partial charge in [0.1, 0.15) is 0 Å². The van der Waals surface area contributed by atoms with Crippen LogP contribution in [0.4, 0.5) is 0 Å². The highest BCUT2D eigenvalue weighted by molar-refractivity contribution is 6.06. The molecule has 1 rings (SSSR count). The summed E-state index contributed by atoms with van der Waals surface area (Å²) in [6, 6.07) is 5.28. The van der Waals surface area contributed by atoms with E-state index in [0.717, 1.165) is 38.5 Å². The van der Waals surface area contributed by atoms with Crippen molar-refractivity contribution in [3.63, 3.8) is 0 Å². The minimum Gasteiger partial charge on any atom is -0.294 e. The van der Waals surface area contributed by atoms with Gasteiger partial charge in [0.2, 0.25) is 0 Å². The average Bonchev–Trinajstić information content (AvgIpc) is 2.95. The molecule has 0 aromatic heterocycles. The summed E-state index contributed by atoms with van der Waals surface area (Å²) >= 11 is 0. The Hall–Kier alpha value is -1.77. The largest absolute Gasteiger partial charge is 0.294 e. The Balaban J connectivity index is 2.72. The fourth-order valence-corrected chi connectivity index (χ4v) is 5.27. The fourth-order valence-electron chi connectivity index (χ4n) is 5.27. The molecule has 0 aliphatic rings. The lowest BCUT2D eigenvalue weighted by molar-refractivity contribution is 0.0978. The second-order valence-corrected chi connectivity index (χ2v) is 11.7. The molecule has 0 amide bonds. The van der Waals surface area contributed by atoms with Gasteiger partial charge in [-0.1, -0.05) is 136 Å². The molecule has 0 atom stereocenters. The number of benzene rings is 1. The predicted molar refractivity (Wildman–Crippen MR) is 167 cm³/mol. The normalized spacial score (nSPS) is 11.2. The van der Waals surface area contributed by atoms with Gasteiger partial charge in [-0.2, -0.15) is 0 Å². The summed E-state index contributed by atoms with van der Waals surface area (Å²) in [5, 5.41) is 0. The van der Waals surface area contributed by atoms with Gasteiger partial charge in [-0.15, -0.1) is 0 Å². The second kappa shape index (κ2) is 24.1. The average molecular weight is 541 g/mol. The highest BCUT2D eigenvalue weighted by Gasteiger charge is 2.16.